The summed E-state index contributed by atoms with van der Waals surface area (Å²) in [4.78, 5) is 8.68. The highest BCUT2D eigenvalue weighted by Crippen LogP contribution is 2.08. The molecule has 0 spiro atoms. The predicted octanol–water partition coefficient (Wildman–Crippen LogP) is 1.48. The van der Waals surface area contributed by atoms with E-state index in [-0.39, 0.29) is 0 Å². The molecule has 0 saturated carbocycles. The lowest BCUT2D eigenvalue weighted by Gasteiger charge is -2.07. The van der Waals surface area contributed by atoms with Crippen LogP contribution in [-0.4, -0.2) is 26.3 Å². The Kier molecular flexibility index (Phi) is 3.37. The number of hydrogen-bond donors (Lipinski definition) is 1. The molecule has 0 aliphatic carbocycles. The van der Waals surface area contributed by atoms with Crippen molar-refractivity contribution in [1.29, 1.82) is 0 Å². The lowest BCUT2D eigenvalue weighted by Crippen LogP contribution is -2.08. The minimum atomic E-state index is 0.838. The first-order chi connectivity index (χ1) is 8.15. The number of hydrogen-bond acceptors (Lipinski definition) is 4. The number of rotatable bonds is 4. The summed E-state index contributed by atoms with van der Waals surface area (Å²) in [6.45, 7) is 4.74. The smallest absolute Gasteiger partial charge is 0.147 e. The summed E-state index contributed by atoms with van der Waals surface area (Å²) in [7, 11) is 1.92. The molecule has 17 heavy (non-hydrogen) atoms. The van der Waals surface area contributed by atoms with Crippen LogP contribution in [0.4, 0.5) is 5.82 Å². The third-order valence-electron chi connectivity index (χ3n) is 2.54. The van der Waals surface area contributed by atoms with Crippen LogP contribution in [0.25, 0.3) is 0 Å². The van der Waals surface area contributed by atoms with Crippen molar-refractivity contribution in [3.63, 3.8) is 0 Å². The maximum atomic E-state index is 4.41. The normalized spacial score (nSPS) is 10.5. The monoisotopic (exact) mass is 231 g/mol. The average Bonchev–Trinajstić information content (AvgIpc) is 2.69. The number of aryl methyl sites for hydroxylation is 3. The molecule has 0 aliphatic heterocycles. The van der Waals surface area contributed by atoms with E-state index in [1.165, 1.54) is 5.56 Å². The highest BCUT2D eigenvalue weighted by Gasteiger charge is 2.01. The Hall–Kier alpha value is -1.91. The second-order valence-electron chi connectivity index (χ2n) is 4.14. The molecule has 5 nitrogen and oxygen atoms in total. The number of nitrogens with zero attached hydrogens (tertiary/aromatic N) is 4. The van der Waals surface area contributed by atoms with E-state index in [1.807, 2.05) is 38.0 Å². The van der Waals surface area contributed by atoms with E-state index in [4.69, 9.17) is 0 Å². The molecule has 2 rings (SSSR count). The zero-order chi connectivity index (χ0) is 12.3. The molecule has 0 radical (unpaired) electrons. The van der Waals surface area contributed by atoms with Crippen LogP contribution in [0.1, 0.15) is 17.0 Å². The van der Waals surface area contributed by atoms with Crippen LogP contribution < -0.4 is 5.32 Å². The van der Waals surface area contributed by atoms with Crippen LogP contribution in [0.5, 0.6) is 0 Å². The summed E-state index contributed by atoms with van der Waals surface area (Å²) in [5.41, 5.74) is 3.08. The van der Waals surface area contributed by atoms with Crippen LogP contribution >= 0.6 is 0 Å². The van der Waals surface area contributed by atoms with Gasteiger partial charge in [-0.25, -0.2) is 4.98 Å². The minimum absolute atomic E-state index is 0.838. The molecule has 0 aliphatic rings. The number of nitrogens with one attached hydrogen (secondary N) is 1. The Bertz CT molecular complexity index is 503. The molecule has 0 aromatic carbocycles. The van der Waals surface area contributed by atoms with Crippen LogP contribution in [0.15, 0.2) is 18.6 Å². The van der Waals surface area contributed by atoms with E-state index in [0.717, 1.165) is 30.2 Å². The topological polar surface area (TPSA) is 55.6 Å². The van der Waals surface area contributed by atoms with Gasteiger partial charge < -0.3 is 5.32 Å². The Labute approximate surface area is 101 Å². The van der Waals surface area contributed by atoms with Crippen molar-refractivity contribution in [2.24, 2.45) is 7.05 Å². The van der Waals surface area contributed by atoms with Crippen molar-refractivity contribution >= 4 is 5.82 Å². The van der Waals surface area contributed by atoms with Gasteiger partial charge in [0.15, 0.2) is 0 Å². The number of aromatic nitrogens is 4. The van der Waals surface area contributed by atoms with Gasteiger partial charge >= 0.3 is 0 Å². The molecule has 2 aromatic heterocycles. The fourth-order valence-corrected chi connectivity index (χ4v) is 1.63. The van der Waals surface area contributed by atoms with Crippen LogP contribution in [0.2, 0.25) is 0 Å². The molecule has 2 aromatic rings. The molecule has 1 N–H and O–H groups in total. The summed E-state index contributed by atoms with van der Waals surface area (Å²) in [5.74, 6) is 0.869. The maximum absolute atomic E-state index is 4.41. The van der Waals surface area contributed by atoms with Crippen molar-refractivity contribution in [3.05, 3.63) is 35.5 Å². The van der Waals surface area contributed by atoms with Crippen LogP contribution in [0.3, 0.4) is 0 Å². The molecule has 0 unspecified atom stereocenters. The SMILES string of the molecule is Cc1cnc(C)c(NCCc2cnn(C)c2)n1. The maximum Gasteiger partial charge on any atom is 0.147 e. The molecule has 2 heterocycles. The van der Waals surface area contributed by atoms with Gasteiger partial charge in [-0.3, -0.25) is 9.67 Å². The van der Waals surface area contributed by atoms with Crippen molar-refractivity contribution < 1.29 is 0 Å². The molecule has 0 saturated heterocycles. The van der Waals surface area contributed by atoms with Crippen molar-refractivity contribution in [2.45, 2.75) is 20.3 Å². The molecule has 0 amide bonds. The summed E-state index contributed by atoms with van der Waals surface area (Å²) in [6.07, 6.45) is 6.62. The van der Waals surface area contributed by atoms with Gasteiger partial charge in [0.2, 0.25) is 0 Å². The molecule has 0 fully saturated rings. The van der Waals surface area contributed by atoms with Crippen molar-refractivity contribution in [3.8, 4) is 0 Å². The molecular formula is C12H17N5. The van der Waals surface area contributed by atoms with Crippen molar-refractivity contribution in [1.82, 2.24) is 19.7 Å². The fraction of sp³-hybridized carbons (Fsp3) is 0.417. The second kappa shape index (κ2) is 4.95. The van der Waals surface area contributed by atoms with E-state index in [0.29, 0.717) is 0 Å². The van der Waals surface area contributed by atoms with Gasteiger partial charge in [-0.2, -0.15) is 5.10 Å². The zero-order valence-electron chi connectivity index (χ0n) is 10.4. The van der Waals surface area contributed by atoms with E-state index in [1.54, 1.807) is 6.20 Å². The Morgan fingerprint density at radius 3 is 2.82 bits per heavy atom. The fourth-order valence-electron chi connectivity index (χ4n) is 1.63. The number of anilines is 1. The standard InChI is InChI=1S/C12H17N5/c1-9-6-14-10(2)12(16-9)13-5-4-11-7-15-17(3)8-11/h6-8H,4-5H2,1-3H3,(H,13,16). The third kappa shape index (κ3) is 3.03. The van der Waals surface area contributed by atoms with Gasteiger partial charge in [0.1, 0.15) is 5.82 Å². The summed E-state index contributed by atoms with van der Waals surface area (Å²) >= 11 is 0. The lowest BCUT2D eigenvalue weighted by molar-refractivity contribution is 0.766. The molecule has 0 atom stereocenters. The van der Waals surface area contributed by atoms with Gasteiger partial charge in [-0.1, -0.05) is 0 Å². The third-order valence-corrected chi connectivity index (χ3v) is 2.54. The van der Waals surface area contributed by atoms with Crippen LogP contribution in [-0.2, 0) is 13.5 Å². The summed E-state index contributed by atoms with van der Waals surface area (Å²) in [6, 6.07) is 0. The average molecular weight is 231 g/mol. The lowest BCUT2D eigenvalue weighted by atomic mass is 10.2. The Balaban J connectivity index is 1.91. The van der Waals surface area contributed by atoms with E-state index < -0.39 is 0 Å². The van der Waals surface area contributed by atoms with Crippen molar-refractivity contribution in [2.75, 3.05) is 11.9 Å². The van der Waals surface area contributed by atoms with E-state index in [2.05, 4.69) is 20.4 Å². The minimum Gasteiger partial charge on any atom is -0.368 e. The molecule has 0 bridgehead atoms. The highest BCUT2D eigenvalue weighted by molar-refractivity contribution is 5.39. The summed E-state index contributed by atoms with van der Waals surface area (Å²) in [5, 5.41) is 7.44. The van der Waals surface area contributed by atoms with Gasteiger partial charge in [0.25, 0.3) is 0 Å². The van der Waals surface area contributed by atoms with E-state index in [9.17, 15) is 0 Å². The first-order valence-electron chi connectivity index (χ1n) is 5.67. The molecule has 90 valence electrons. The van der Waals surface area contributed by atoms with Gasteiger partial charge in [-0.05, 0) is 25.8 Å². The van der Waals surface area contributed by atoms with Gasteiger partial charge in [0, 0.05) is 26.0 Å². The highest BCUT2D eigenvalue weighted by atomic mass is 15.2. The van der Waals surface area contributed by atoms with Gasteiger partial charge in [-0.15, -0.1) is 0 Å². The summed E-state index contributed by atoms with van der Waals surface area (Å²) < 4.78 is 1.81. The van der Waals surface area contributed by atoms with Gasteiger partial charge in [0.05, 0.1) is 17.6 Å². The first-order valence-corrected chi connectivity index (χ1v) is 5.67. The van der Waals surface area contributed by atoms with Crippen LogP contribution in [0, 0.1) is 13.8 Å². The molecular weight excluding hydrogens is 214 g/mol. The zero-order valence-corrected chi connectivity index (χ0v) is 10.4. The first kappa shape index (κ1) is 11.6. The quantitative estimate of drug-likeness (QED) is 0.866. The predicted molar refractivity (Wildman–Crippen MR) is 66.9 cm³/mol. The Morgan fingerprint density at radius 2 is 2.12 bits per heavy atom. The van der Waals surface area contributed by atoms with E-state index >= 15 is 0 Å². The second-order valence-corrected chi connectivity index (χ2v) is 4.14. The molecule has 5 heteroatoms. The largest absolute Gasteiger partial charge is 0.368 e. The Morgan fingerprint density at radius 1 is 1.29 bits per heavy atom.